The van der Waals surface area contributed by atoms with Crippen molar-refractivity contribution in [1.29, 1.82) is 5.26 Å². The second-order valence-corrected chi connectivity index (χ2v) is 4.88. The third-order valence-corrected chi connectivity index (χ3v) is 2.99. The van der Waals surface area contributed by atoms with Crippen molar-refractivity contribution in [3.05, 3.63) is 11.8 Å². The van der Waals surface area contributed by atoms with Crippen LogP contribution in [0, 0.1) is 11.3 Å². The van der Waals surface area contributed by atoms with Crippen molar-refractivity contribution >= 4 is 5.97 Å². The molecule has 20 heavy (non-hydrogen) atoms. The smallest absolute Gasteiger partial charge is 0.350 e. The molecule has 4 nitrogen and oxygen atoms in total. The number of nitriles is 1. The van der Waals surface area contributed by atoms with Gasteiger partial charge in [-0.25, -0.2) is 4.79 Å². The van der Waals surface area contributed by atoms with Gasteiger partial charge in [-0.15, -0.1) is 0 Å². The second kappa shape index (κ2) is 13.9. The van der Waals surface area contributed by atoms with Crippen LogP contribution < -0.4 is 5.32 Å². The van der Waals surface area contributed by atoms with Gasteiger partial charge in [-0.3, -0.25) is 0 Å². The van der Waals surface area contributed by atoms with E-state index in [4.69, 9.17) is 10.00 Å². The predicted molar refractivity (Wildman–Crippen MR) is 80.9 cm³/mol. The highest BCUT2D eigenvalue weighted by Crippen LogP contribution is 2.04. The molecule has 0 spiro atoms. The first-order valence-electron chi connectivity index (χ1n) is 7.77. The highest BCUT2D eigenvalue weighted by Gasteiger charge is 2.09. The molecular formula is C16H28N2O2. The number of ether oxygens (including phenoxy) is 1. The van der Waals surface area contributed by atoms with Crippen LogP contribution in [0.4, 0.5) is 0 Å². The molecule has 0 rings (SSSR count). The summed E-state index contributed by atoms with van der Waals surface area (Å²) in [4.78, 5) is 11.5. The standard InChI is InChI=1S/C16H28N2O2/c1-3-5-7-8-9-10-11-18-14-15(13-17)16(19)20-12-6-4-2/h14,18H,3-12H2,1-2H3/b15-14+. The van der Waals surface area contributed by atoms with E-state index >= 15 is 0 Å². The number of esters is 1. The molecule has 0 bridgehead atoms. The van der Waals surface area contributed by atoms with Crippen LogP contribution in [-0.4, -0.2) is 19.1 Å². The maximum atomic E-state index is 11.5. The molecular weight excluding hydrogens is 252 g/mol. The van der Waals surface area contributed by atoms with Crippen molar-refractivity contribution in [2.45, 2.75) is 65.2 Å². The molecule has 0 atom stereocenters. The molecule has 4 heteroatoms. The van der Waals surface area contributed by atoms with Gasteiger partial charge in [-0.1, -0.05) is 52.4 Å². The largest absolute Gasteiger partial charge is 0.462 e. The van der Waals surface area contributed by atoms with E-state index in [9.17, 15) is 4.79 Å². The number of carbonyl (C=O) groups excluding carboxylic acids is 1. The SMILES string of the molecule is CCCCCCCCN/C=C(\C#N)C(=O)OCCCC. The molecule has 0 aromatic heterocycles. The monoisotopic (exact) mass is 280 g/mol. The molecule has 0 unspecified atom stereocenters. The number of unbranched alkanes of at least 4 members (excludes halogenated alkanes) is 6. The first-order chi connectivity index (χ1) is 9.76. The van der Waals surface area contributed by atoms with Crippen LogP contribution in [0.5, 0.6) is 0 Å². The molecule has 0 radical (unpaired) electrons. The Morgan fingerprint density at radius 3 is 2.40 bits per heavy atom. The zero-order valence-corrected chi connectivity index (χ0v) is 12.9. The molecule has 0 saturated heterocycles. The minimum absolute atomic E-state index is 0.0482. The lowest BCUT2D eigenvalue weighted by Gasteiger charge is -2.04. The van der Waals surface area contributed by atoms with Crippen LogP contribution >= 0.6 is 0 Å². The first-order valence-corrected chi connectivity index (χ1v) is 7.77. The Morgan fingerprint density at radius 2 is 1.75 bits per heavy atom. The highest BCUT2D eigenvalue weighted by molar-refractivity contribution is 5.92. The van der Waals surface area contributed by atoms with Gasteiger partial charge in [0.1, 0.15) is 6.07 Å². The van der Waals surface area contributed by atoms with Gasteiger partial charge in [0.05, 0.1) is 6.61 Å². The van der Waals surface area contributed by atoms with Crippen LogP contribution in [-0.2, 0) is 9.53 Å². The zero-order valence-electron chi connectivity index (χ0n) is 12.9. The van der Waals surface area contributed by atoms with Gasteiger partial charge in [0.25, 0.3) is 0 Å². The quantitative estimate of drug-likeness (QED) is 0.256. The van der Waals surface area contributed by atoms with Crippen molar-refractivity contribution in [1.82, 2.24) is 5.32 Å². The van der Waals surface area contributed by atoms with Crippen molar-refractivity contribution < 1.29 is 9.53 Å². The third kappa shape index (κ3) is 10.4. The van der Waals surface area contributed by atoms with Crippen LogP contribution in [0.2, 0.25) is 0 Å². The molecule has 0 saturated carbocycles. The van der Waals surface area contributed by atoms with Gasteiger partial charge in [-0.05, 0) is 12.8 Å². The molecule has 0 amide bonds. The van der Waals surface area contributed by atoms with Crippen molar-refractivity contribution in [3.63, 3.8) is 0 Å². The number of hydrogen-bond acceptors (Lipinski definition) is 4. The van der Waals surface area contributed by atoms with Crippen LogP contribution in [0.3, 0.4) is 0 Å². The summed E-state index contributed by atoms with van der Waals surface area (Å²) < 4.78 is 4.99. The molecule has 0 aromatic carbocycles. The van der Waals surface area contributed by atoms with Gasteiger partial charge in [0.15, 0.2) is 5.57 Å². The maximum Gasteiger partial charge on any atom is 0.350 e. The Labute approximate surface area is 123 Å². The van der Waals surface area contributed by atoms with Crippen molar-refractivity contribution in [2.75, 3.05) is 13.2 Å². The Kier molecular flexibility index (Phi) is 12.9. The molecule has 1 N–H and O–H groups in total. The average molecular weight is 280 g/mol. The second-order valence-electron chi connectivity index (χ2n) is 4.88. The normalized spacial score (nSPS) is 10.9. The Morgan fingerprint density at radius 1 is 1.10 bits per heavy atom. The summed E-state index contributed by atoms with van der Waals surface area (Å²) in [7, 11) is 0. The highest BCUT2D eigenvalue weighted by atomic mass is 16.5. The first kappa shape index (κ1) is 18.5. The molecule has 0 aliphatic heterocycles. The number of rotatable bonds is 12. The van der Waals surface area contributed by atoms with E-state index in [1.165, 1.54) is 38.3 Å². The van der Waals surface area contributed by atoms with Gasteiger partial charge in [0, 0.05) is 12.7 Å². The number of carbonyl (C=O) groups is 1. The summed E-state index contributed by atoms with van der Waals surface area (Å²) >= 11 is 0. The Balaban J connectivity index is 3.74. The maximum absolute atomic E-state index is 11.5. The molecule has 114 valence electrons. The third-order valence-electron chi connectivity index (χ3n) is 2.99. The fourth-order valence-electron chi connectivity index (χ4n) is 1.71. The summed E-state index contributed by atoms with van der Waals surface area (Å²) in [5.74, 6) is -0.531. The molecule has 0 aliphatic carbocycles. The predicted octanol–water partition coefficient (Wildman–Crippen LogP) is 3.69. The number of hydrogen-bond donors (Lipinski definition) is 1. The van der Waals surface area contributed by atoms with E-state index in [0.29, 0.717) is 6.61 Å². The molecule has 0 aliphatic rings. The molecule has 0 fully saturated rings. The van der Waals surface area contributed by atoms with Crippen LogP contribution in [0.1, 0.15) is 65.2 Å². The van der Waals surface area contributed by atoms with Crippen molar-refractivity contribution in [2.24, 2.45) is 0 Å². The molecule has 0 aromatic rings. The van der Waals surface area contributed by atoms with Gasteiger partial charge >= 0.3 is 5.97 Å². The lowest BCUT2D eigenvalue weighted by Crippen LogP contribution is -2.13. The van der Waals surface area contributed by atoms with Crippen LogP contribution in [0.15, 0.2) is 11.8 Å². The van der Waals surface area contributed by atoms with Gasteiger partial charge in [-0.2, -0.15) is 5.26 Å². The van der Waals surface area contributed by atoms with E-state index in [2.05, 4.69) is 12.2 Å². The minimum Gasteiger partial charge on any atom is -0.462 e. The lowest BCUT2D eigenvalue weighted by molar-refractivity contribution is -0.138. The van der Waals surface area contributed by atoms with Gasteiger partial charge in [0.2, 0.25) is 0 Å². The Bertz CT molecular complexity index is 319. The summed E-state index contributed by atoms with van der Waals surface area (Å²) in [5.41, 5.74) is 0.0482. The fraction of sp³-hybridized carbons (Fsp3) is 0.750. The average Bonchev–Trinajstić information content (AvgIpc) is 2.46. The van der Waals surface area contributed by atoms with E-state index in [1.54, 1.807) is 0 Å². The minimum atomic E-state index is -0.531. The number of nitrogens with one attached hydrogen (secondary N) is 1. The van der Waals surface area contributed by atoms with Gasteiger partial charge < -0.3 is 10.1 Å². The summed E-state index contributed by atoms with van der Waals surface area (Å²) in [5, 5.41) is 11.9. The topological polar surface area (TPSA) is 62.1 Å². The van der Waals surface area contributed by atoms with E-state index in [-0.39, 0.29) is 5.57 Å². The summed E-state index contributed by atoms with van der Waals surface area (Å²) in [6.07, 6.45) is 10.6. The summed E-state index contributed by atoms with van der Waals surface area (Å²) in [6.45, 7) is 5.40. The zero-order chi connectivity index (χ0) is 15.1. The fourth-order valence-corrected chi connectivity index (χ4v) is 1.71. The number of nitrogens with zero attached hydrogens (tertiary/aromatic N) is 1. The van der Waals surface area contributed by atoms with Crippen molar-refractivity contribution in [3.8, 4) is 6.07 Å². The Hall–Kier alpha value is -1.50. The van der Waals surface area contributed by atoms with E-state index in [1.807, 2.05) is 13.0 Å². The van der Waals surface area contributed by atoms with Crippen LogP contribution in [0.25, 0.3) is 0 Å². The van der Waals surface area contributed by atoms with E-state index in [0.717, 1.165) is 25.8 Å². The molecule has 0 heterocycles. The van der Waals surface area contributed by atoms with E-state index < -0.39 is 5.97 Å². The summed E-state index contributed by atoms with van der Waals surface area (Å²) in [6, 6.07) is 1.87. The lowest BCUT2D eigenvalue weighted by atomic mass is 10.1.